The quantitative estimate of drug-likeness (QED) is 0.729. The maximum atomic E-state index is 12.1. The molecule has 0 aliphatic rings. The number of carbonyl (C=O) groups is 2. The van der Waals surface area contributed by atoms with Gasteiger partial charge < -0.3 is 14.2 Å². The molecule has 0 saturated carbocycles. The van der Waals surface area contributed by atoms with Crippen molar-refractivity contribution in [3.63, 3.8) is 0 Å². The molecule has 144 valence electrons. The van der Waals surface area contributed by atoms with Crippen LogP contribution < -0.4 is 25.1 Å². The average Bonchev–Trinajstić information content (AvgIpc) is 2.68. The molecule has 7 heteroatoms. The molecule has 2 aromatic carbocycles. The standard InChI is InChI=1S/C20H24N2O5/c1-13-6-5-7-18(14(13)2)27-15(3)20(24)22-21-19(23)12-26-17-10-8-16(25-4)9-11-17/h5-11,15H,12H2,1-4H3,(H,21,23)(H,22,24)/t15-/m1/s1. The van der Waals surface area contributed by atoms with Crippen molar-refractivity contribution < 1.29 is 23.8 Å². The van der Waals surface area contributed by atoms with E-state index in [4.69, 9.17) is 14.2 Å². The molecular formula is C20H24N2O5. The van der Waals surface area contributed by atoms with E-state index in [0.717, 1.165) is 11.1 Å². The summed E-state index contributed by atoms with van der Waals surface area (Å²) in [5.41, 5.74) is 6.67. The summed E-state index contributed by atoms with van der Waals surface area (Å²) >= 11 is 0. The Morgan fingerprint density at radius 3 is 2.33 bits per heavy atom. The van der Waals surface area contributed by atoms with Crippen LogP contribution in [0.4, 0.5) is 0 Å². The molecule has 27 heavy (non-hydrogen) atoms. The number of hydrogen-bond acceptors (Lipinski definition) is 5. The van der Waals surface area contributed by atoms with Crippen molar-refractivity contribution in [1.29, 1.82) is 0 Å². The van der Waals surface area contributed by atoms with Gasteiger partial charge in [-0.3, -0.25) is 20.4 Å². The first-order chi connectivity index (χ1) is 12.9. The van der Waals surface area contributed by atoms with E-state index in [1.807, 2.05) is 26.0 Å². The predicted octanol–water partition coefficient (Wildman–Crippen LogP) is 2.31. The van der Waals surface area contributed by atoms with Crippen molar-refractivity contribution in [2.24, 2.45) is 0 Å². The van der Waals surface area contributed by atoms with E-state index in [1.54, 1.807) is 44.4 Å². The van der Waals surface area contributed by atoms with Crippen molar-refractivity contribution in [2.75, 3.05) is 13.7 Å². The highest BCUT2D eigenvalue weighted by atomic mass is 16.5. The molecule has 0 aliphatic carbocycles. The third-order valence-electron chi connectivity index (χ3n) is 3.98. The number of ether oxygens (including phenoxy) is 3. The van der Waals surface area contributed by atoms with Crippen LogP contribution in [0, 0.1) is 13.8 Å². The number of benzene rings is 2. The predicted molar refractivity (Wildman–Crippen MR) is 101 cm³/mol. The van der Waals surface area contributed by atoms with Crippen LogP contribution in [0.1, 0.15) is 18.1 Å². The highest BCUT2D eigenvalue weighted by molar-refractivity contribution is 5.85. The number of rotatable bonds is 7. The van der Waals surface area contributed by atoms with Crippen molar-refractivity contribution in [2.45, 2.75) is 26.9 Å². The molecule has 0 fully saturated rings. The summed E-state index contributed by atoms with van der Waals surface area (Å²) in [5.74, 6) is 0.888. The third kappa shape index (κ3) is 5.91. The van der Waals surface area contributed by atoms with Crippen LogP contribution in [0.25, 0.3) is 0 Å². The number of amides is 2. The van der Waals surface area contributed by atoms with E-state index in [2.05, 4.69) is 10.9 Å². The van der Waals surface area contributed by atoms with Gasteiger partial charge in [0.2, 0.25) is 0 Å². The monoisotopic (exact) mass is 372 g/mol. The maximum Gasteiger partial charge on any atom is 0.279 e. The molecule has 0 aromatic heterocycles. The van der Waals surface area contributed by atoms with Gasteiger partial charge in [-0.2, -0.15) is 0 Å². The van der Waals surface area contributed by atoms with Gasteiger partial charge in [0.05, 0.1) is 7.11 Å². The van der Waals surface area contributed by atoms with Gasteiger partial charge in [0.1, 0.15) is 17.2 Å². The Morgan fingerprint density at radius 1 is 1.00 bits per heavy atom. The Morgan fingerprint density at radius 2 is 1.67 bits per heavy atom. The first-order valence-electron chi connectivity index (χ1n) is 8.49. The van der Waals surface area contributed by atoms with E-state index in [9.17, 15) is 9.59 Å². The van der Waals surface area contributed by atoms with E-state index < -0.39 is 17.9 Å². The smallest absolute Gasteiger partial charge is 0.279 e. The molecule has 2 N–H and O–H groups in total. The molecule has 0 bridgehead atoms. The third-order valence-corrected chi connectivity index (χ3v) is 3.98. The fraction of sp³-hybridized carbons (Fsp3) is 0.300. The van der Waals surface area contributed by atoms with Crippen molar-refractivity contribution in [1.82, 2.24) is 10.9 Å². The summed E-state index contributed by atoms with van der Waals surface area (Å²) in [4.78, 5) is 23.9. The number of hydrazine groups is 1. The van der Waals surface area contributed by atoms with Crippen LogP contribution in [-0.2, 0) is 9.59 Å². The van der Waals surface area contributed by atoms with E-state index in [-0.39, 0.29) is 6.61 Å². The Kier molecular flexibility index (Phi) is 7.05. The highest BCUT2D eigenvalue weighted by Gasteiger charge is 2.16. The molecule has 0 saturated heterocycles. The Labute approximate surface area is 158 Å². The second-order valence-electron chi connectivity index (χ2n) is 5.96. The lowest BCUT2D eigenvalue weighted by Gasteiger charge is -2.17. The molecule has 0 radical (unpaired) electrons. The summed E-state index contributed by atoms with van der Waals surface area (Å²) in [5, 5.41) is 0. The molecule has 2 aromatic rings. The fourth-order valence-corrected chi connectivity index (χ4v) is 2.19. The van der Waals surface area contributed by atoms with Crippen molar-refractivity contribution in [3.05, 3.63) is 53.6 Å². The number of aryl methyl sites for hydroxylation is 1. The molecule has 0 heterocycles. The topological polar surface area (TPSA) is 85.9 Å². The second-order valence-corrected chi connectivity index (χ2v) is 5.96. The van der Waals surface area contributed by atoms with Crippen molar-refractivity contribution >= 4 is 11.8 Å². The zero-order chi connectivity index (χ0) is 19.8. The van der Waals surface area contributed by atoms with Crippen LogP contribution in [0.2, 0.25) is 0 Å². The van der Waals surface area contributed by atoms with Crippen LogP contribution in [0.3, 0.4) is 0 Å². The van der Waals surface area contributed by atoms with Gasteiger partial charge in [0.15, 0.2) is 12.7 Å². The van der Waals surface area contributed by atoms with Crippen LogP contribution in [0.15, 0.2) is 42.5 Å². The first-order valence-corrected chi connectivity index (χ1v) is 8.49. The molecular weight excluding hydrogens is 348 g/mol. The van der Waals surface area contributed by atoms with Crippen LogP contribution in [0.5, 0.6) is 17.2 Å². The fourth-order valence-electron chi connectivity index (χ4n) is 2.19. The van der Waals surface area contributed by atoms with E-state index in [1.165, 1.54) is 0 Å². The molecule has 1 atom stereocenters. The zero-order valence-electron chi connectivity index (χ0n) is 15.9. The molecule has 2 rings (SSSR count). The highest BCUT2D eigenvalue weighted by Crippen LogP contribution is 2.21. The Bertz CT molecular complexity index is 789. The number of carbonyl (C=O) groups excluding carboxylic acids is 2. The summed E-state index contributed by atoms with van der Waals surface area (Å²) in [6.45, 7) is 5.26. The first kappa shape index (κ1) is 20.1. The maximum absolute atomic E-state index is 12.1. The number of nitrogens with one attached hydrogen (secondary N) is 2. The number of methoxy groups -OCH3 is 1. The zero-order valence-corrected chi connectivity index (χ0v) is 15.9. The molecule has 7 nitrogen and oxygen atoms in total. The van der Waals surface area contributed by atoms with Gasteiger partial charge in [-0.15, -0.1) is 0 Å². The Balaban J connectivity index is 1.76. The molecule has 0 unspecified atom stereocenters. The van der Waals surface area contributed by atoms with Gasteiger partial charge in [-0.25, -0.2) is 0 Å². The molecule has 2 amide bonds. The van der Waals surface area contributed by atoms with Crippen LogP contribution >= 0.6 is 0 Å². The number of hydrogen-bond donors (Lipinski definition) is 2. The minimum Gasteiger partial charge on any atom is -0.497 e. The van der Waals surface area contributed by atoms with Crippen molar-refractivity contribution in [3.8, 4) is 17.2 Å². The lowest BCUT2D eigenvalue weighted by atomic mass is 10.1. The summed E-state index contributed by atoms with van der Waals surface area (Å²) in [7, 11) is 1.57. The largest absolute Gasteiger partial charge is 0.497 e. The van der Waals surface area contributed by atoms with E-state index in [0.29, 0.717) is 17.2 Å². The summed E-state index contributed by atoms with van der Waals surface area (Å²) < 4.78 is 16.0. The summed E-state index contributed by atoms with van der Waals surface area (Å²) in [6.07, 6.45) is -0.770. The average molecular weight is 372 g/mol. The SMILES string of the molecule is COc1ccc(OCC(=O)NNC(=O)[C@@H](C)Oc2cccc(C)c2C)cc1. The van der Waals surface area contributed by atoms with Crippen LogP contribution in [-0.4, -0.2) is 31.6 Å². The lowest BCUT2D eigenvalue weighted by molar-refractivity contribution is -0.133. The van der Waals surface area contributed by atoms with E-state index >= 15 is 0 Å². The Hall–Kier alpha value is -3.22. The molecule has 0 spiro atoms. The minimum absolute atomic E-state index is 0.237. The minimum atomic E-state index is -0.770. The lowest BCUT2D eigenvalue weighted by Crippen LogP contribution is -2.48. The molecule has 0 aliphatic heterocycles. The van der Waals surface area contributed by atoms with Gasteiger partial charge in [0, 0.05) is 0 Å². The summed E-state index contributed by atoms with van der Waals surface area (Å²) in [6, 6.07) is 12.4. The van der Waals surface area contributed by atoms with Gasteiger partial charge in [0.25, 0.3) is 11.8 Å². The van der Waals surface area contributed by atoms with Gasteiger partial charge in [-0.1, -0.05) is 12.1 Å². The normalized spacial score (nSPS) is 11.3. The van der Waals surface area contributed by atoms with Gasteiger partial charge in [-0.05, 0) is 62.2 Å². The second kappa shape index (κ2) is 9.47. The van der Waals surface area contributed by atoms with Gasteiger partial charge >= 0.3 is 0 Å².